The lowest BCUT2D eigenvalue weighted by Crippen LogP contribution is -2.49. The van der Waals surface area contributed by atoms with Gasteiger partial charge in [-0.1, -0.05) is 60.7 Å². The number of carbonyl (C=O) groups excluding carboxylic acids is 1. The number of rotatable bonds is 6. The van der Waals surface area contributed by atoms with Crippen LogP contribution in [-0.2, 0) is 21.2 Å². The molecule has 0 spiro atoms. The van der Waals surface area contributed by atoms with Gasteiger partial charge >= 0.3 is 0 Å². The van der Waals surface area contributed by atoms with Crippen molar-refractivity contribution in [3.63, 3.8) is 0 Å². The summed E-state index contributed by atoms with van der Waals surface area (Å²) in [4.78, 5) is 14.1. The van der Waals surface area contributed by atoms with Crippen LogP contribution in [0.1, 0.15) is 5.56 Å². The molecular formula is C18H17N3O3S. The molecule has 0 unspecified atom stereocenters. The molecule has 6 nitrogen and oxygen atoms in total. The van der Waals surface area contributed by atoms with Gasteiger partial charge in [0.2, 0.25) is 5.91 Å². The quantitative estimate of drug-likeness (QED) is 0.590. The molecule has 0 atom stereocenters. The van der Waals surface area contributed by atoms with Crippen LogP contribution >= 0.6 is 0 Å². The van der Waals surface area contributed by atoms with E-state index >= 15 is 0 Å². The predicted molar refractivity (Wildman–Crippen MR) is 95.7 cm³/mol. The third-order valence-corrected chi connectivity index (χ3v) is 4.87. The Labute approximate surface area is 145 Å². The summed E-state index contributed by atoms with van der Waals surface area (Å²) < 4.78 is 24.6. The summed E-state index contributed by atoms with van der Waals surface area (Å²) in [5, 5.41) is 1.77. The largest absolute Gasteiger partial charge is 0.277 e. The summed E-state index contributed by atoms with van der Waals surface area (Å²) in [6.07, 6.45) is 0.144. The molecule has 0 aliphatic rings. The highest BCUT2D eigenvalue weighted by Gasteiger charge is 2.14. The van der Waals surface area contributed by atoms with Crippen molar-refractivity contribution in [3.8, 4) is 0 Å². The van der Waals surface area contributed by atoms with E-state index < -0.39 is 10.0 Å². The van der Waals surface area contributed by atoms with E-state index in [-0.39, 0.29) is 17.2 Å². The lowest BCUT2D eigenvalue weighted by atomic mass is 10.1. The van der Waals surface area contributed by atoms with Gasteiger partial charge in [0.05, 0.1) is 11.3 Å². The highest BCUT2D eigenvalue weighted by Crippen LogP contribution is 2.18. The van der Waals surface area contributed by atoms with Crippen molar-refractivity contribution in [2.75, 3.05) is 0 Å². The zero-order chi connectivity index (χ0) is 17.7. The molecule has 0 saturated carbocycles. The maximum Gasteiger partial charge on any atom is 0.254 e. The van der Waals surface area contributed by atoms with Crippen LogP contribution in [0, 0.1) is 0 Å². The second-order valence-electron chi connectivity index (χ2n) is 5.45. The number of nitrogens with one attached hydrogen (secondary N) is 3. The summed E-state index contributed by atoms with van der Waals surface area (Å²) in [6.45, 7) is 0. The number of fused-ring (bicyclic) bond motifs is 1. The number of hydrogen-bond donors (Lipinski definition) is 3. The van der Waals surface area contributed by atoms with E-state index in [1.165, 1.54) is 6.07 Å². The SMILES string of the molecule is O=C(Cc1ccccc1)NNNS(=O)(=O)c1ccc2ccccc2c1. The van der Waals surface area contributed by atoms with Crippen molar-refractivity contribution in [2.24, 2.45) is 0 Å². The van der Waals surface area contributed by atoms with Crippen LogP contribution in [0.25, 0.3) is 10.8 Å². The molecule has 3 aromatic carbocycles. The van der Waals surface area contributed by atoms with Gasteiger partial charge in [-0.15, -0.1) is 4.83 Å². The van der Waals surface area contributed by atoms with Crippen molar-refractivity contribution < 1.29 is 13.2 Å². The summed E-state index contributed by atoms with van der Waals surface area (Å²) in [5.74, 6) is -0.354. The molecule has 7 heteroatoms. The number of amides is 1. The van der Waals surface area contributed by atoms with Crippen molar-refractivity contribution in [1.82, 2.24) is 15.8 Å². The third kappa shape index (κ3) is 4.42. The lowest BCUT2D eigenvalue weighted by Gasteiger charge is -2.10. The molecule has 25 heavy (non-hydrogen) atoms. The molecule has 3 aromatic rings. The fraction of sp³-hybridized carbons (Fsp3) is 0.0556. The highest BCUT2D eigenvalue weighted by atomic mass is 32.2. The minimum atomic E-state index is -3.80. The molecule has 0 radical (unpaired) electrons. The predicted octanol–water partition coefficient (Wildman–Crippen LogP) is 1.90. The highest BCUT2D eigenvalue weighted by molar-refractivity contribution is 7.89. The van der Waals surface area contributed by atoms with E-state index in [1.807, 2.05) is 54.6 Å². The monoisotopic (exact) mass is 355 g/mol. The first-order chi connectivity index (χ1) is 12.0. The fourth-order valence-corrected chi connectivity index (χ4v) is 3.21. The maximum absolute atomic E-state index is 12.3. The number of hydrogen-bond acceptors (Lipinski definition) is 4. The molecule has 0 aromatic heterocycles. The van der Waals surface area contributed by atoms with Crippen LogP contribution in [0.4, 0.5) is 0 Å². The first-order valence-electron chi connectivity index (χ1n) is 7.63. The molecule has 128 valence electrons. The van der Waals surface area contributed by atoms with Gasteiger partial charge in [-0.2, -0.15) is 5.53 Å². The Morgan fingerprint density at radius 3 is 2.28 bits per heavy atom. The zero-order valence-electron chi connectivity index (χ0n) is 13.3. The van der Waals surface area contributed by atoms with Gasteiger partial charge < -0.3 is 0 Å². The normalized spacial score (nSPS) is 11.4. The molecular weight excluding hydrogens is 338 g/mol. The van der Waals surface area contributed by atoms with E-state index in [2.05, 4.69) is 15.8 Å². The second-order valence-corrected chi connectivity index (χ2v) is 7.13. The van der Waals surface area contributed by atoms with Gasteiger partial charge in [0, 0.05) is 0 Å². The summed E-state index contributed by atoms with van der Waals surface area (Å²) in [5.41, 5.74) is 5.40. The molecule has 0 fully saturated rings. The van der Waals surface area contributed by atoms with Crippen LogP contribution in [-0.4, -0.2) is 14.3 Å². The molecule has 3 N–H and O–H groups in total. The van der Waals surface area contributed by atoms with Crippen LogP contribution in [0.3, 0.4) is 0 Å². The zero-order valence-corrected chi connectivity index (χ0v) is 14.1. The average molecular weight is 355 g/mol. The van der Waals surface area contributed by atoms with Gasteiger partial charge in [-0.05, 0) is 28.5 Å². The summed E-state index contributed by atoms with van der Waals surface area (Å²) in [6, 6.07) is 21.4. The third-order valence-electron chi connectivity index (χ3n) is 3.63. The Bertz CT molecular complexity index is 989. The Morgan fingerprint density at radius 1 is 0.840 bits per heavy atom. The minimum Gasteiger partial charge on any atom is -0.277 e. The molecule has 0 bridgehead atoms. The van der Waals surface area contributed by atoms with Crippen LogP contribution in [0.15, 0.2) is 77.7 Å². The summed E-state index contributed by atoms with van der Waals surface area (Å²) >= 11 is 0. The lowest BCUT2D eigenvalue weighted by molar-refractivity contribution is -0.121. The van der Waals surface area contributed by atoms with Crippen LogP contribution < -0.4 is 15.8 Å². The van der Waals surface area contributed by atoms with Gasteiger partial charge in [0.25, 0.3) is 10.0 Å². The first kappa shape index (κ1) is 17.1. The molecule has 0 heterocycles. The standard InChI is InChI=1S/C18H17N3O3S/c22-18(12-14-6-2-1-3-7-14)19-20-21-25(23,24)17-11-10-15-8-4-5-9-16(15)13-17/h1-11,13,20-21H,12H2,(H,19,22). The fourth-order valence-electron chi connectivity index (χ4n) is 2.38. The second kappa shape index (κ2) is 7.43. The maximum atomic E-state index is 12.3. The van der Waals surface area contributed by atoms with E-state index in [0.29, 0.717) is 0 Å². The van der Waals surface area contributed by atoms with E-state index in [4.69, 9.17) is 0 Å². The van der Waals surface area contributed by atoms with Gasteiger partial charge in [0.1, 0.15) is 0 Å². The van der Waals surface area contributed by atoms with Crippen molar-refractivity contribution in [3.05, 3.63) is 78.4 Å². The Kier molecular flexibility index (Phi) is 5.08. The van der Waals surface area contributed by atoms with E-state index in [9.17, 15) is 13.2 Å². The van der Waals surface area contributed by atoms with Gasteiger partial charge in [-0.3, -0.25) is 10.2 Å². The van der Waals surface area contributed by atoms with Crippen molar-refractivity contribution >= 4 is 26.7 Å². The Morgan fingerprint density at radius 2 is 1.52 bits per heavy atom. The Balaban J connectivity index is 1.60. The summed E-state index contributed by atoms with van der Waals surface area (Å²) in [7, 11) is -3.80. The number of carbonyl (C=O) groups is 1. The minimum absolute atomic E-state index is 0.107. The van der Waals surface area contributed by atoms with Crippen molar-refractivity contribution in [1.29, 1.82) is 0 Å². The molecule has 1 amide bonds. The molecule has 0 aliphatic heterocycles. The molecule has 0 aliphatic carbocycles. The molecule has 0 saturated heterocycles. The number of benzene rings is 3. The van der Waals surface area contributed by atoms with E-state index in [1.54, 1.807) is 12.1 Å². The molecule has 3 rings (SSSR count). The van der Waals surface area contributed by atoms with Crippen LogP contribution in [0.2, 0.25) is 0 Å². The van der Waals surface area contributed by atoms with Crippen molar-refractivity contribution in [2.45, 2.75) is 11.3 Å². The number of hydrazine groups is 2. The van der Waals surface area contributed by atoms with Crippen LogP contribution in [0.5, 0.6) is 0 Å². The average Bonchev–Trinajstić information content (AvgIpc) is 2.62. The Hall–Kier alpha value is -2.74. The number of sulfonamides is 1. The van der Waals surface area contributed by atoms with E-state index in [0.717, 1.165) is 16.3 Å². The smallest absolute Gasteiger partial charge is 0.254 e. The first-order valence-corrected chi connectivity index (χ1v) is 9.11. The van der Waals surface area contributed by atoms with Gasteiger partial charge in [-0.25, -0.2) is 8.42 Å². The van der Waals surface area contributed by atoms with Gasteiger partial charge in [0.15, 0.2) is 0 Å². The topological polar surface area (TPSA) is 87.3 Å².